The van der Waals surface area contributed by atoms with Crippen LogP contribution in [0.4, 0.5) is 5.69 Å². The molecule has 0 saturated carbocycles. The second-order valence-corrected chi connectivity index (χ2v) is 9.06. The van der Waals surface area contributed by atoms with Gasteiger partial charge in [-0.05, 0) is 70.4 Å². The first-order chi connectivity index (χ1) is 15.8. The van der Waals surface area contributed by atoms with Gasteiger partial charge in [-0.1, -0.05) is 6.08 Å². The van der Waals surface area contributed by atoms with E-state index in [1.165, 1.54) is 4.90 Å². The highest BCUT2D eigenvalue weighted by Gasteiger charge is 2.43. The number of nitrogens with zero attached hydrogens (tertiary/aromatic N) is 2. The number of fused-ring (bicyclic) bond motifs is 2. The van der Waals surface area contributed by atoms with Gasteiger partial charge in [-0.3, -0.25) is 14.5 Å². The fraction of sp³-hybridized carbons (Fsp3) is 0.577. The Balaban J connectivity index is 1.89. The zero-order valence-electron chi connectivity index (χ0n) is 19.8. The standard InChI is InChI=1S/C26H36N2O5/c1-4-5-13-24(30)28-22-17-23(33-15-10-6-7-11-19(3)29)18(2)16-20(22)25(31)27-14-9-8-12-21(27)26(28)32/h4,16-17,21,26,32H,1,5-15H2,2-3H3/t21-,26?/m0/s1. The third-order valence-corrected chi connectivity index (χ3v) is 6.46. The highest BCUT2D eigenvalue weighted by molar-refractivity contribution is 6.06. The summed E-state index contributed by atoms with van der Waals surface area (Å²) in [7, 11) is 0. The molecule has 1 unspecified atom stereocenters. The summed E-state index contributed by atoms with van der Waals surface area (Å²) in [5.41, 5.74) is 1.65. The Morgan fingerprint density at radius 2 is 2.00 bits per heavy atom. The third kappa shape index (κ3) is 5.82. The number of allylic oxidation sites excluding steroid dienone is 1. The number of unbranched alkanes of at least 4 members (excludes halogenated alkanes) is 2. The fourth-order valence-corrected chi connectivity index (χ4v) is 4.65. The number of aliphatic hydroxyl groups excluding tert-OH is 1. The van der Waals surface area contributed by atoms with Crippen molar-refractivity contribution in [3.8, 4) is 5.75 Å². The SMILES string of the molecule is C=CCCC(=O)N1c2cc(OCCCCCC(C)=O)c(C)cc2C(=O)N2CCCC[C@H]2C1O. The summed E-state index contributed by atoms with van der Waals surface area (Å²) in [6.07, 6.45) is 6.86. The molecule has 0 aliphatic carbocycles. The second-order valence-electron chi connectivity index (χ2n) is 9.06. The number of ketones is 1. The van der Waals surface area contributed by atoms with E-state index in [1.54, 1.807) is 30.0 Å². The Morgan fingerprint density at radius 1 is 1.21 bits per heavy atom. The number of hydrogen-bond acceptors (Lipinski definition) is 5. The molecule has 2 aliphatic heterocycles. The topological polar surface area (TPSA) is 87.2 Å². The lowest BCUT2D eigenvalue weighted by atomic mass is 10.00. The summed E-state index contributed by atoms with van der Waals surface area (Å²) in [6.45, 7) is 8.23. The van der Waals surface area contributed by atoms with E-state index in [2.05, 4.69) is 6.58 Å². The molecule has 7 heteroatoms. The van der Waals surface area contributed by atoms with E-state index in [0.717, 1.165) is 37.7 Å². The Kier molecular flexibility index (Phi) is 8.67. The van der Waals surface area contributed by atoms with Crippen molar-refractivity contribution in [2.45, 2.75) is 83.9 Å². The molecule has 1 aromatic carbocycles. The van der Waals surface area contributed by atoms with Gasteiger partial charge in [0.1, 0.15) is 11.5 Å². The molecule has 0 spiro atoms. The van der Waals surface area contributed by atoms with E-state index in [1.807, 2.05) is 6.92 Å². The van der Waals surface area contributed by atoms with Gasteiger partial charge in [0.25, 0.3) is 5.91 Å². The molecule has 1 N–H and O–H groups in total. The van der Waals surface area contributed by atoms with Gasteiger partial charge >= 0.3 is 0 Å². The van der Waals surface area contributed by atoms with Crippen molar-refractivity contribution in [1.29, 1.82) is 0 Å². The number of carbonyl (C=O) groups is 3. The van der Waals surface area contributed by atoms with Crippen LogP contribution >= 0.6 is 0 Å². The number of benzene rings is 1. The van der Waals surface area contributed by atoms with Gasteiger partial charge in [0.05, 0.1) is 23.9 Å². The fourth-order valence-electron chi connectivity index (χ4n) is 4.65. The first-order valence-corrected chi connectivity index (χ1v) is 12.0. The van der Waals surface area contributed by atoms with Gasteiger partial charge in [0.15, 0.2) is 6.23 Å². The maximum absolute atomic E-state index is 13.4. The van der Waals surface area contributed by atoms with Crippen LogP contribution in [0.3, 0.4) is 0 Å². The Hall–Kier alpha value is -2.67. The first kappa shape index (κ1) is 25.0. The van der Waals surface area contributed by atoms with E-state index < -0.39 is 12.3 Å². The number of rotatable bonds is 10. The van der Waals surface area contributed by atoms with Crippen molar-refractivity contribution in [2.75, 3.05) is 18.1 Å². The van der Waals surface area contributed by atoms with Crippen LogP contribution in [0.25, 0.3) is 0 Å². The summed E-state index contributed by atoms with van der Waals surface area (Å²) in [4.78, 5) is 40.8. The third-order valence-electron chi connectivity index (χ3n) is 6.46. The van der Waals surface area contributed by atoms with Crippen molar-refractivity contribution in [1.82, 2.24) is 4.90 Å². The van der Waals surface area contributed by atoms with Crippen LogP contribution < -0.4 is 9.64 Å². The summed E-state index contributed by atoms with van der Waals surface area (Å²) in [5, 5.41) is 11.3. The molecule has 0 radical (unpaired) electrons. The van der Waals surface area contributed by atoms with E-state index in [4.69, 9.17) is 4.74 Å². The maximum atomic E-state index is 13.4. The van der Waals surface area contributed by atoms with Crippen molar-refractivity contribution in [3.05, 3.63) is 35.9 Å². The highest BCUT2D eigenvalue weighted by Crippen LogP contribution is 2.38. The van der Waals surface area contributed by atoms with Gasteiger partial charge in [-0.25, -0.2) is 0 Å². The highest BCUT2D eigenvalue weighted by atomic mass is 16.5. The quantitative estimate of drug-likeness (QED) is 0.422. The van der Waals surface area contributed by atoms with E-state index in [-0.39, 0.29) is 24.0 Å². The minimum Gasteiger partial charge on any atom is -0.493 e. The van der Waals surface area contributed by atoms with Crippen LogP contribution in [0.2, 0.25) is 0 Å². The molecule has 2 aliphatic rings. The molecule has 180 valence electrons. The molecule has 3 rings (SSSR count). The first-order valence-electron chi connectivity index (χ1n) is 12.0. The van der Waals surface area contributed by atoms with E-state index >= 15 is 0 Å². The van der Waals surface area contributed by atoms with Gasteiger partial charge in [0.2, 0.25) is 5.91 Å². The van der Waals surface area contributed by atoms with Crippen LogP contribution in [0.5, 0.6) is 5.75 Å². The lowest BCUT2D eigenvalue weighted by Crippen LogP contribution is -2.54. The molecule has 2 atom stereocenters. The Bertz CT molecular complexity index is 897. The van der Waals surface area contributed by atoms with Crippen molar-refractivity contribution < 1.29 is 24.2 Å². The van der Waals surface area contributed by atoms with E-state index in [0.29, 0.717) is 49.4 Å². The average molecular weight is 457 g/mol. The molecule has 1 aromatic rings. The number of anilines is 1. The van der Waals surface area contributed by atoms with Gasteiger partial charge < -0.3 is 19.5 Å². The monoisotopic (exact) mass is 456 g/mol. The molecule has 1 saturated heterocycles. The molecular weight excluding hydrogens is 420 g/mol. The van der Waals surface area contributed by atoms with Crippen LogP contribution in [0.1, 0.15) is 80.6 Å². The minimum atomic E-state index is -1.10. The number of hydrogen-bond donors (Lipinski definition) is 1. The number of ether oxygens (including phenoxy) is 1. The number of piperidine rings is 1. The van der Waals surface area contributed by atoms with E-state index in [9.17, 15) is 19.5 Å². The van der Waals surface area contributed by atoms with Gasteiger partial charge in [-0.2, -0.15) is 0 Å². The second kappa shape index (κ2) is 11.5. The number of aryl methyl sites for hydroxylation is 1. The van der Waals surface area contributed by atoms with Gasteiger partial charge in [0, 0.05) is 25.5 Å². The van der Waals surface area contributed by atoms with Crippen molar-refractivity contribution >= 4 is 23.3 Å². The lowest BCUT2D eigenvalue weighted by Gasteiger charge is -2.39. The molecule has 2 amide bonds. The largest absolute Gasteiger partial charge is 0.493 e. The summed E-state index contributed by atoms with van der Waals surface area (Å²) < 4.78 is 6.00. The number of carbonyl (C=O) groups excluding carboxylic acids is 3. The lowest BCUT2D eigenvalue weighted by molar-refractivity contribution is -0.121. The average Bonchev–Trinajstić information content (AvgIpc) is 2.88. The normalized spacial score (nSPS) is 20.0. The molecule has 7 nitrogen and oxygen atoms in total. The predicted molar refractivity (Wildman–Crippen MR) is 127 cm³/mol. The van der Waals surface area contributed by atoms with Gasteiger partial charge in [-0.15, -0.1) is 6.58 Å². The number of Topliss-reactive ketones (excluding diaryl/α,β-unsaturated/α-hetero) is 1. The predicted octanol–water partition coefficient (Wildman–Crippen LogP) is 4.15. The van der Waals surface area contributed by atoms with Crippen LogP contribution in [0, 0.1) is 6.92 Å². The van der Waals surface area contributed by atoms with Crippen molar-refractivity contribution in [3.63, 3.8) is 0 Å². The van der Waals surface area contributed by atoms with Crippen molar-refractivity contribution in [2.24, 2.45) is 0 Å². The summed E-state index contributed by atoms with van der Waals surface area (Å²) in [5.74, 6) is 0.412. The van der Waals surface area contributed by atoms with Crippen LogP contribution in [0.15, 0.2) is 24.8 Å². The summed E-state index contributed by atoms with van der Waals surface area (Å²) in [6, 6.07) is 3.09. The Labute approximate surface area is 196 Å². The molecule has 0 bridgehead atoms. The van der Waals surface area contributed by atoms with Crippen LogP contribution in [-0.2, 0) is 9.59 Å². The van der Waals surface area contributed by atoms with Crippen LogP contribution in [-0.4, -0.2) is 53.0 Å². The smallest absolute Gasteiger partial charge is 0.256 e. The maximum Gasteiger partial charge on any atom is 0.256 e. The molecule has 0 aromatic heterocycles. The molecule has 2 heterocycles. The zero-order chi connectivity index (χ0) is 24.0. The molecular formula is C26H36N2O5. The zero-order valence-corrected chi connectivity index (χ0v) is 19.8. The molecule has 1 fully saturated rings. The number of amides is 2. The number of aliphatic hydroxyl groups is 1. The minimum absolute atomic E-state index is 0.147. The molecule has 33 heavy (non-hydrogen) atoms. The summed E-state index contributed by atoms with van der Waals surface area (Å²) >= 11 is 0. The Morgan fingerprint density at radius 3 is 2.73 bits per heavy atom.